The average molecular weight is 359 g/mol. The number of fused-ring (bicyclic) bond motifs is 1. The van der Waals surface area contributed by atoms with Crippen molar-refractivity contribution in [3.63, 3.8) is 0 Å². The highest BCUT2D eigenvalue weighted by atomic mass is 16.5. The molecule has 0 saturated carbocycles. The smallest absolute Gasteiger partial charge is 0.426 e. The van der Waals surface area contributed by atoms with Gasteiger partial charge in [-0.3, -0.25) is 14.6 Å². The van der Waals surface area contributed by atoms with Gasteiger partial charge in [-0.25, -0.2) is 9.37 Å². The second kappa shape index (κ2) is 7.65. The fraction of sp³-hybridized carbons (Fsp3) is 0.444. The Bertz CT molecular complexity index is 760. The summed E-state index contributed by atoms with van der Waals surface area (Å²) >= 11 is 0. The van der Waals surface area contributed by atoms with Gasteiger partial charge in [0.2, 0.25) is 0 Å². The second-order valence-electron chi connectivity index (χ2n) is 6.16. The largest absolute Gasteiger partial charge is 0.496 e. The summed E-state index contributed by atoms with van der Waals surface area (Å²) in [4.78, 5) is 31.9. The van der Waals surface area contributed by atoms with Crippen LogP contribution in [0.5, 0.6) is 0 Å². The van der Waals surface area contributed by atoms with Crippen LogP contribution in [0.2, 0.25) is 0 Å². The number of ether oxygens (including phenoxy) is 2. The Morgan fingerprint density at radius 2 is 1.85 bits per heavy atom. The molecule has 2 aliphatic heterocycles. The maximum Gasteiger partial charge on any atom is 0.496 e. The van der Waals surface area contributed by atoms with Crippen LogP contribution in [0.25, 0.3) is 0 Å². The Kier molecular flexibility index (Phi) is 5.32. The molecule has 1 aromatic rings. The molecule has 0 bridgehead atoms. The predicted octanol–water partition coefficient (Wildman–Crippen LogP) is 0.565. The Balaban J connectivity index is 1.87. The van der Waals surface area contributed by atoms with Crippen LogP contribution in [0.4, 0.5) is 4.79 Å². The number of imide groups is 1. The van der Waals surface area contributed by atoms with Crippen molar-refractivity contribution in [1.82, 2.24) is 9.80 Å². The quantitative estimate of drug-likeness (QED) is 0.550. The fourth-order valence-electron chi connectivity index (χ4n) is 3.03. The van der Waals surface area contributed by atoms with Gasteiger partial charge in [0.15, 0.2) is 0 Å². The van der Waals surface area contributed by atoms with E-state index in [1.54, 1.807) is 14.2 Å². The lowest BCUT2D eigenvalue weighted by Crippen LogP contribution is -2.61. The number of carbonyl (C=O) groups excluding carboxylic acids is 2. The fourth-order valence-corrected chi connectivity index (χ4v) is 3.03. The summed E-state index contributed by atoms with van der Waals surface area (Å²) in [5.74, 6) is 0.101. The monoisotopic (exact) mass is 359 g/mol. The van der Waals surface area contributed by atoms with Crippen LogP contribution in [-0.4, -0.2) is 85.2 Å². The summed E-state index contributed by atoms with van der Waals surface area (Å²) in [5, 5.41) is 0. The minimum absolute atomic E-state index is 0.301. The van der Waals surface area contributed by atoms with Crippen molar-refractivity contribution in [3.8, 4) is 0 Å². The first-order valence-corrected chi connectivity index (χ1v) is 8.47. The number of hydrogen-bond acceptors (Lipinski definition) is 5. The number of aliphatic imine (C=N–C) groups is 1. The summed E-state index contributed by atoms with van der Waals surface area (Å²) in [7, 11) is 4.69. The number of urea groups is 1. The van der Waals surface area contributed by atoms with E-state index in [2.05, 4.69) is 4.99 Å². The molecule has 1 saturated heterocycles. The van der Waals surface area contributed by atoms with Crippen molar-refractivity contribution < 1.29 is 23.6 Å². The minimum atomic E-state index is -0.649. The number of likely N-dealkylation sites (N-methyl/N-ethyl adjacent to an activating group) is 2. The van der Waals surface area contributed by atoms with E-state index in [1.807, 2.05) is 34.9 Å². The third-order valence-corrected chi connectivity index (χ3v) is 4.50. The minimum Gasteiger partial charge on any atom is -0.426 e. The van der Waals surface area contributed by atoms with Crippen molar-refractivity contribution in [2.45, 2.75) is 12.5 Å². The lowest BCUT2D eigenvalue weighted by atomic mass is 10.1. The van der Waals surface area contributed by atoms with Crippen LogP contribution in [0, 0.1) is 0 Å². The molecule has 0 aromatic heterocycles. The SMILES string of the molecule is COCCOC1=[N+](CCc2ccccc2)C2C(=O)N(C)C(=O)N(C)C2=N1. The van der Waals surface area contributed by atoms with E-state index in [9.17, 15) is 9.59 Å². The first kappa shape index (κ1) is 18.1. The Morgan fingerprint density at radius 1 is 1.12 bits per heavy atom. The molecule has 8 heteroatoms. The molecule has 3 amide bonds. The standard InChI is InChI=1S/C18H23N4O4/c1-20-15-14(16(23)21(2)18(20)24)22(17(19-15)26-12-11-25-3)10-9-13-7-5-4-6-8-13/h4-8,14H,9-12H2,1-3H3/q+1. The van der Waals surface area contributed by atoms with E-state index < -0.39 is 12.1 Å². The lowest BCUT2D eigenvalue weighted by Gasteiger charge is -2.30. The van der Waals surface area contributed by atoms with Gasteiger partial charge in [0.1, 0.15) is 6.61 Å². The van der Waals surface area contributed by atoms with Gasteiger partial charge in [-0.2, -0.15) is 0 Å². The van der Waals surface area contributed by atoms with E-state index in [1.165, 1.54) is 11.9 Å². The van der Waals surface area contributed by atoms with E-state index >= 15 is 0 Å². The molecule has 0 aliphatic carbocycles. The molecule has 1 unspecified atom stereocenters. The summed E-state index contributed by atoms with van der Waals surface area (Å²) in [6, 6.07) is 9.30. The number of benzene rings is 1. The van der Waals surface area contributed by atoms with Crippen molar-refractivity contribution >= 4 is 23.8 Å². The van der Waals surface area contributed by atoms with Crippen LogP contribution in [-0.2, 0) is 20.7 Å². The third-order valence-electron chi connectivity index (χ3n) is 4.50. The molecule has 1 aromatic carbocycles. The van der Waals surface area contributed by atoms with Gasteiger partial charge in [0, 0.05) is 32.6 Å². The maximum atomic E-state index is 12.7. The lowest BCUT2D eigenvalue weighted by molar-refractivity contribution is -0.542. The number of carbonyl (C=O) groups is 2. The van der Waals surface area contributed by atoms with Gasteiger partial charge < -0.3 is 9.47 Å². The maximum absolute atomic E-state index is 12.7. The molecular weight excluding hydrogens is 336 g/mol. The molecule has 8 nitrogen and oxygen atoms in total. The zero-order valence-corrected chi connectivity index (χ0v) is 15.2. The number of nitrogens with zero attached hydrogens (tertiary/aromatic N) is 4. The van der Waals surface area contributed by atoms with Crippen LogP contribution < -0.4 is 0 Å². The van der Waals surface area contributed by atoms with Gasteiger partial charge in [0.05, 0.1) is 13.2 Å². The number of methoxy groups -OCH3 is 1. The van der Waals surface area contributed by atoms with Crippen molar-refractivity contribution in [2.24, 2.45) is 4.99 Å². The van der Waals surface area contributed by atoms with Gasteiger partial charge in [-0.15, -0.1) is 0 Å². The third kappa shape index (κ3) is 3.32. The molecule has 26 heavy (non-hydrogen) atoms. The molecule has 0 spiro atoms. The number of rotatable bonds is 6. The Hall–Kier alpha value is -2.74. The van der Waals surface area contributed by atoms with Gasteiger partial charge in [0.25, 0.3) is 17.8 Å². The van der Waals surface area contributed by atoms with Crippen molar-refractivity contribution in [3.05, 3.63) is 35.9 Å². The zero-order chi connectivity index (χ0) is 18.7. The van der Waals surface area contributed by atoms with E-state index in [-0.39, 0.29) is 5.91 Å². The topological polar surface area (TPSA) is 74.5 Å². The van der Waals surface area contributed by atoms with Crippen LogP contribution >= 0.6 is 0 Å². The highest BCUT2D eigenvalue weighted by Crippen LogP contribution is 2.19. The highest BCUT2D eigenvalue weighted by molar-refractivity contribution is 6.22. The molecule has 1 atom stereocenters. The molecule has 1 fully saturated rings. The summed E-state index contributed by atoms with van der Waals surface area (Å²) in [5.41, 5.74) is 1.15. The molecular formula is C18H23N4O4+. The average Bonchev–Trinajstić information content (AvgIpc) is 3.02. The Morgan fingerprint density at radius 3 is 2.54 bits per heavy atom. The first-order chi connectivity index (χ1) is 12.5. The molecule has 2 heterocycles. The molecule has 0 N–H and O–H groups in total. The van der Waals surface area contributed by atoms with E-state index in [0.29, 0.717) is 31.6 Å². The van der Waals surface area contributed by atoms with Crippen LogP contribution in [0.3, 0.4) is 0 Å². The van der Waals surface area contributed by atoms with E-state index in [4.69, 9.17) is 9.47 Å². The van der Waals surface area contributed by atoms with Gasteiger partial charge >= 0.3 is 12.1 Å². The first-order valence-electron chi connectivity index (χ1n) is 8.47. The summed E-state index contributed by atoms with van der Waals surface area (Å²) < 4.78 is 12.6. The second-order valence-corrected chi connectivity index (χ2v) is 6.16. The Labute approximate surface area is 152 Å². The molecule has 138 valence electrons. The zero-order valence-electron chi connectivity index (χ0n) is 15.2. The highest BCUT2D eigenvalue weighted by Gasteiger charge is 2.53. The molecule has 3 rings (SSSR count). The van der Waals surface area contributed by atoms with Gasteiger partial charge in [-0.05, 0) is 5.56 Å². The normalized spacial score (nSPS) is 19.8. The summed E-state index contributed by atoms with van der Waals surface area (Å²) in [6.07, 6.45) is 0.728. The molecule has 0 radical (unpaired) electrons. The van der Waals surface area contributed by atoms with Crippen LogP contribution in [0.1, 0.15) is 5.56 Å². The summed E-state index contributed by atoms with van der Waals surface area (Å²) in [6.45, 7) is 1.28. The van der Waals surface area contributed by atoms with E-state index in [0.717, 1.165) is 16.9 Å². The number of hydrogen-bond donors (Lipinski definition) is 0. The number of amidine groups is 2. The van der Waals surface area contributed by atoms with Gasteiger partial charge in [-0.1, -0.05) is 30.3 Å². The number of amides is 3. The van der Waals surface area contributed by atoms with Crippen LogP contribution in [0.15, 0.2) is 35.3 Å². The van der Waals surface area contributed by atoms with Crippen molar-refractivity contribution in [2.75, 3.05) is 41.0 Å². The predicted molar refractivity (Wildman–Crippen MR) is 95.3 cm³/mol. The molecule has 2 aliphatic rings. The van der Waals surface area contributed by atoms with Crippen molar-refractivity contribution in [1.29, 1.82) is 0 Å².